The van der Waals surface area contributed by atoms with Gasteiger partial charge in [0.15, 0.2) is 0 Å². The summed E-state index contributed by atoms with van der Waals surface area (Å²) in [5.74, 6) is 0.936. The summed E-state index contributed by atoms with van der Waals surface area (Å²) < 4.78 is 0. The van der Waals surface area contributed by atoms with Gasteiger partial charge >= 0.3 is 11.8 Å². The first kappa shape index (κ1) is 21.7. The number of carbonyl (C=O) groups is 3. The molecular weight excluding hydrogens is 386 g/mol. The Kier molecular flexibility index (Phi) is 7.58. The van der Waals surface area contributed by atoms with Crippen molar-refractivity contribution < 1.29 is 14.4 Å². The zero-order chi connectivity index (χ0) is 20.8. The third kappa shape index (κ3) is 4.94. The normalized spacial score (nSPS) is 19.4. The van der Waals surface area contributed by atoms with Crippen LogP contribution in [0.25, 0.3) is 0 Å². The Morgan fingerprint density at radius 3 is 2.48 bits per heavy atom. The molecule has 0 N–H and O–H groups in total. The average molecular weight is 418 g/mol. The van der Waals surface area contributed by atoms with Gasteiger partial charge in [-0.1, -0.05) is 43.7 Å². The smallest absolute Gasteiger partial charge is 0.313 e. The van der Waals surface area contributed by atoms with E-state index >= 15 is 0 Å². The number of hydrogen-bond donors (Lipinski definition) is 0. The fourth-order valence-corrected chi connectivity index (χ4v) is 5.12. The Bertz CT molecular complexity index is 721. The third-order valence-corrected chi connectivity index (χ3v) is 6.92. The van der Waals surface area contributed by atoms with Crippen LogP contribution in [0.15, 0.2) is 30.3 Å². The second kappa shape index (κ2) is 10.1. The Morgan fingerprint density at radius 1 is 1.14 bits per heavy atom. The van der Waals surface area contributed by atoms with Crippen molar-refractivity contribution in [1.82, 2.24) is 14.7 Å². The van der Waals surface area contributed by atoms with Crippen LogP contribution in [0.5, 0.6) is 0 Å². The quantitative estimate of drug-likeness (QED) is 0.640. The molecule has 1 aromatic carbocycles. The van der Waals surface area contributed by atoms with Crippen molar-refractivity contribution in [3.05, 3.63) is 35.9 Å². The maximum absolute atomic E-state index is 13.5. The summed E-state index contributed by atoms with van der Waals surface area (Å²) in [4.78, 5) is 44.1. The number of thioether (sulfide) groups is 1. The molecule has 2 aliphatic rings. The van der Waals surface area contributed by atoms with E-state index in [2.05, 4.69) is 6.92 Å². The molecule has 1 aromatic rings. The zero-order valence-corrected chi connectivity index (χ0v) is 18.2. The summed E-state index contributed by atoms with van der Waals surface area (Å²) >= 11 is 1.92. The molecule has 158 valence electrons. The standard InChI is InChI=1S/C22H31N3O3S/c1-3-4-12-24-13-14-25(22(28)21(24)27)19(17-8-6-5-7-9-17)20(26)23(2)18-10-15-29-16-11-18/h5-9,18-19H,3-4,10-16H2,1-2H3/t19-/m0/s1. The lowest BCUT2D eigenvalue weighted by Gasteiger charge is -2.41. The number of rotatable bonds is 7. The van der Waals surface area contributed by atoms with Gasteiger partial charge < -0.3 is 14.7 Å². The van der Waals surface area contributed by atoms with E-state index in [9.17, 15) is 14.4 Å². The van der Waals surface area contributed by atoms with Crippen molar-refractivity contribution in [2.24, 2.45) is 0 Å². The molecule has 3 amide bonds. The van der Waals surface area contributed by atoms with Gasteiger partial charge in [0.05, 0.1) is 0 Å². The van der Waals surface area contributed by atoms with E-state index in [0.29, 0.717) is 19.6 Å². The summed E-state index contributed by atoms with van der Waals surface area (Å²) in [6.45, 7) is 3.52. The van der Waals surface area contributed by atoms with Crippen LogP contribution in [0, 0.1) is 0 Å². The minimum atomic E-state index is -0.749. The van der Waals surface area contributed by atoms with Crippen molar-refractivity contribution in [3.8, 4) is 0 Å². The lowest BCUT2D eigenvalue weighted by Crippen LogP contribution is -2.58. The van der Waals surface area contributed by atoms with Gasteiger partial charge in [0.1, 0.15) is 6.04 Å². The van der Waals surface area contributed by atoms with Crippen LogP contribution in [0.4, 0.5) is 0 Å². The van der Waals surface area contributed by atoms with E-state index < -0.39 is 17.9 Å². The topological polar surface area (TPSA) is 60.9 Å². The first-order chi connectivity index (χ1) is 14.0. The number of likely N-dealkylation sites (N-methyl/N-ethyl adjacent to an activating group) is 1. The van der Waals surface area contributed by atoms with Gasteiger partial charge in [-0.3, -0.25) is 14.4 Å². The van der Waals surface area contributed by atoms with Gasteiger partial charge in [0.2, 0.25) is 5.91 Å². The van der Waals surface area contributed by atoms with Crippen molar-refractivity contribution in [3.63, 3.8) is 0 Å². The Labute approximate surface area is 177 Å². The van der Waals surface area contributed by atoms with Crippen LogP contribution in [-0.2, 0) is 14.4 Å². The molecular formula is C22H31N3O3S. The lowest BCUT2D eigenvalue weighted by atomic mass is 10.0. The molecule has 7 heteroatoms. The molecule has 0 aromatic heterocycles. The predicted molar refractivity (Wildman–Crippen MR) is 116 cm³/mol. The second-order valence-corrected chi connectivity index (χ2v) is 8.97. The maximum atomic E-state index is 13.5. The summed E-state index contributed by atoms with van der Waals surface area (Å²) in [6, 6.07) is 8.81. The second-order valence-electron chi connectivity index (χ2n) is 7.75. The molecule has 0 saturated carbocycles. The monoisotopic (exact) mass is 417 g/mol. The van der Waals surface area contributed by atoms with Crippen molar-refractivity contribution in [2.45, 2.75) is 44.7 Å². The molecule has 2 saturated heterocycles. The first-order valence-corrected chi connectivity index (χ1v) is 11.7. The lowest BCUT2D eigenvalue weighted by molar-refractivity contribution is -0.161. The number of nitrogens with zero attached hydrogens (tertiary/aromatic N) is 3. The maximum Gasteiger partial charge on any atom is 0.313 e. The van der Waals surface area contributed by atoms with Crippen LogP contribution >= 0.6 is 11.8 Å². The zero-order valence-electron chi connectivity index (χ0n) is 17.4. The highest BCUT2D eigenvalue weighted by atomic mass is 32.2. The number of piperazine rings is 1. The van der Waals surface area contributed by atoms with E-state index in [1.807, 2.05) is 49.1 Å². The van der Waals surface area contributed by atoms with Crippen LogP contribution in [0.1, 0.15) is 44.2 Å². The minimum absolute atomic E-state index is 0.101. The van der Waals surface area contributed by atoms with Gasteiger partial charge in [0.25, 0.3) is 0 Å². The summed E-state index contributed by atoms with van der Waals surface area (Å²) in [6.07, 6.45) is 3.78. The molecule has 0 radical (unpaired) electrons. The molecule has 2 fully saturated rings. The summed E-state index contributed by atoms with van der Waals surface area (Å²) in [7, 11) is 1.84. The van der Waals surface area contributed by atoms with E-state index in [4.69, 9.17) is 0 Å². The number of unbranched alkanes of at least 4 members (excludes halogenated alkanes) is 1. The Hall–Kier alpha value is -2.02. The van der Waals surface area contributed by atoms with E-state index in [1.165, 1.54) is 4.90 Å². The summed E-state index contributed by atoms with van der Waals surface area (Å²) in [5, 5.41) is 0. The highest BCUT2D eigenvalue weighted by Crippen LogP contribution is 2.29. The number of carbonyl (C=O) groups excluding carboxylic acids is 3. The van der Waals surface area contributed by atoms with Gasteiger partial charge in [-0.15, -0.1) is 0 Å². The van der Waals surface area contributed by atoms with E-state index in [1.54, 1.807) is 9.80 Å². The molecule has 1 atom stereocenters. The van der Waals surface area contributed by atoms with Crippen LogP contribution in [-0.4, -0.2) is 76.7 Å². The number of amides is 3. The number of benzene rings is 1. The molecule has 0 bridgehead atoms. The van der Waals surface area contributed by atoms with Crippen molar-refractivity contribution in [1.29, 1.82) is 0 Å². The SMILES string of the molecule is CCCCN1CCN([C@H](C(=O)N(C)C2CCSCC2)c2ccccc2)C(=O)C1=O. The molecule has 0 spiro atoms. The third-order valence-electron chi connectivity index (χ3n) is 5.87. The molecule has 3 rings (SSSR count). The summed E-state index contributed by atoms with van der Waals surface area (Å²) in [5.41, 5.74) is 0.762. The minimum Gasteiger partial charge on any atom is -0.341 e. The molecule has 2 aliphatic heterocycles. The van der Waals surface area contributed by atoms with Crippen LogP contribution in [0.3, 0.4) is 0 Å². The first-order valence-electron chi connectivity index (χ1n) is 10.5. The van der Waals surface area contributed by atoms with Gasteiger partial charge in [-0.2, -0.15) is 11.8 Å². The van der Waals surface area contributed by atoms with Gasteiger partial charge in [-0.05, 0) is 36.3 Å². The van der Waals surface area contributed by atoms with E-state index in [0.717, 1.165) is 42.8 Å². The van der Waals surface area contributed by atoms with E-state index in [-0.39, 0.29) is 11.9 Å². The van der Waals surface area contributed by atoms with Crippen molar-refractivity contribution >= 4 is 29.5 Å². The van der Waals surface area contributed by atoms with Gasteiger partial charge in [-0.25, -0.2) is 0 Å². The fraction of sp³-hybridized carbons (Fsp3) is 0.591. The van der Waals surface area contributed by atoms with Crippen LogP contribution in [0.2, 0.25) is 0 Å². The van der Waals surface area contributed by atoms with Crippen molar-refractivity contribution in [2.75, 3.05) is 38.2 Å². The van der Waals surface area contributed by atoms with Gasteiger partial charge in [0, 0.05) is 32.7 Å². The highest BCUT2D eigenvalue weighted by molar-refractivity contribution is 7.99. The molecule has 0 unspecified atom stereocenters. The Morgan fingerprint density at radius 2 is 1.83 bits per heavy atom. The molecule has 29 heavy (non-hydrogen) atoms. The fourth-order valence-electron chi connectivity index (χ4n) is 4.03. The molecule has 6 nitrogen and oxygen atoms in total. The largest absolute Gasteiger partial charge is 0.341 e. The predicted octanol–water partition coefficient (Wildman–Crippen LogP) is 2.55. The number of hydrogen-bond acceptors (Lipinski definition) is 4. The Balaban J connectivity index is 1.83. The molecule has 2 heterocycles. The molecule has 0 aliphatic carbocycles. The van der Waals surface area contributed by atoms with Crippen LogP contribution < -0.4 is 0 Å². The average Bonchev–Trinajstić information content (AvgIpc) is 2.77. The highest BCUT2D eigenvalue weighted by Gasteiger charge is 2.41.